The number of carbonyl (C=O) groups excluding carboxylic acids is 1. The van der Waals surface area contributed by atoms with Gasteiger partial charge in [0.2, 0.25) is 0 Å². The van der Waals surface area contributed by atoms with Gasteiger partial charge in [-0.3, -0.25) is 4.79 Å². The van der Waals surface area contributed by atoms with Gasteiger partial charge >= 0.3 is 0 Å². The number of rotatable bonds is 3. The molecule has 0 aliphatic carbocycles. The van der Waals surface area contributed by atoms with E-state index in [4.69, 9.17) is 11.6 Å². The Morgan fingerprint density at radius 1 is 1.57 bits per heavy atom. The van der Waals surface area contributed by atoms with Gasteiger partial charge in [-0.15, -0.1) is 0 Å². The summed E-state index contributed by atoms with van der Waals surface area (Å²) in [4.78, 5) is 19.2. The average Bonchev–Trinajstić information content (AvgIpc) is 2.18. The third-order valence-electron chi connectivity index (χ3n) is 1.86. The van der Waals surface area contributed by atoms with Crippen LogP contribution in [-0.4, -0.2) is 21.9 Å². The zero-order valence-corrected chi connectivity index (χ0v) is 8.88. The number of aromatic nitrogens is 2. The topological polar surface area (TPSA) is 54.9 Å². The van der Waals surface area contributed by atoms with Crippen molar-refractivity contribution in [1.82, 2.24) is 15.3 Å². The second-order valence-corrected chi connectivity index (χ2v) is 3.34. The van der Waals surface area contributed by atoms with E-state index in [0.29, 0.717) is 0 Å². The first-order chi connectivity index (χ1) is 6.65. The fraction of sp³-hybridized carbons (Fsp3) is 0.444. The van der Waals surface area contributed by atoms with Gasteiger partial charge in [-0.1, -0.05) is 18.5 Å². The van der Waals surface area contributed by atoms with Gasteiger partial charge in [0.05, 0.1) is 0 Å². The SMILES string of the molecule is CCC(C)NC(=O)c1nccnc1Cl. The molecule has 1 heterocycles. The molecule has 4 nitrogen and oxygen atoms in total. The first-order valence-electron chi connectivity index (χ1n) is 4.42. The van der Waals surface area contributed by atoms with Crippen molar-refractivity contribution in [3.63, 3.8) is 0 Å². The minimum Gasteiger partial charge on any atom is -0.348 e. The van der Waals surface area contributed by atoms with E-state index in [9.17, 15) is 4.79 Å². The molecule has 0 radical (unpaired) electrons. The van der Waals surface area contributed by atoms with Gasteiger partial charge in [0, 0.05) is 18.4 Å². The average molecular weight is 214 g/mol. The summed E-state index contributed by atoms with van der Waals surface area (Å²) in [6.45, 7) is 3.91. The lowest BCUT2D eigenvalue weighted by atomic mass is 10.2. The third-order valence-corrected chi connectivity index (χ3v) is 2.14. The normalized spacial score (nSPS) is 12.2. The van der Waals surface area contributed by atoms with Crippen LogP contribution in [0, 0.1) is 0 Å². The summed E-state index contributed by atoms with van der Waals surface area (Å²) in [5.74, 6) is -0.280. The lowest BCUT2D eigenvalue weighted by Gasteiger charge is -2.10. The van der Waals surface area contributed by atoms with Crippen molar-refractivity contribution in [3.05, 3.63) is 23.2 Å². The molecule has 0 spiro atoms. The summed E-state index contributed by atoms with van der Waals surface area (Å²) in [5, 5.41) is 2.89. The fourth-order valence-corrected chi connectivity index (χ4v) is 1.06. The van der Waals surface area contributed by atoms with E-state index in [1.165, 1.54) is 12.4 Å². The maximum absolute atomic E-state index is 11.5. The fourth-order valence-electron chi connectivity index (χ4n) is 0.868. The molecule has 0 aliphatic heterocycles. The van der Waals surface area contributed by atoms with Crippen LogP contribution < -0.4 is 5.32 Å². The van der Waals surface area contributed by atoms with E-state index >= 15 is 0 Å². The smallest absolute Gasteiger partial charge is 0.273 e. The van der Waals surface area contributed by atoms with Gasteiger partial charge in [0.25, 0.3) is 5.91 Å². The first kappa shape index (κ1) is 10.9. The van der Waals surface area contributed by atoms with Crippen LogP contribution in [0.4, 0.5) is 0 Å². The summed E-state index contributed by atoms with van der Waals surface area (Å²) in [6, 6.07) is 0.112. The second kappa shape index (κ2) is 4.91. The van der Waals surface area contributed by atoms with Crippen molar-refractivity contribution in [2.75, 3.05) is 0 Å². The second-order valence-electron chi connectivity index (χ2n) is 2.98. The summed E-state index contributed by atoms with van der Waals surface area (Å²) in [6.07, 6.45) is 3.75. The summed E-state index contributed by atoms with van der Waals surface area (Å²) in [5.41, 5.74) is 0.175. The Kier molecular flexibility index (Phi) is 3.83. The number of hydrogen-bond donors (Lipinski definition) is 1. The van der Waals surface area contributed by atoms with Crippen molar-refractivity contribution < 1.29 is 4.79 Å². The zero-order valence-electron chi connectivity index (χ0n) is 8.12. The van der Waals surface area contributed by atoms with Crippen molar-refractivity contribution in [3.8, 4) is 0 Å². The molecule has 1 atom stereocenters. The van der Waals surface area contributed by atoms with Crippen LogP contribution in [0.25, 0.3) is 0 Å². The highest BCUT2D eigenvalue weighted by molar-refractivity contribution is 6.32. The number of hydrogen-bond acceptors (Lipinski definition) is 3. The molecule has 0 saturated heterocycles. The van der Waals surface area contributed by atoms with Crippen molar-refractivity contribution in [2.45, 2.75) is 26.3 Å². The summed E-state index contributed by atoms with van der Waals surface area (Å²) >= 11 is 5.71. The number of carbonyl (C=O) groups is 1. The molecule has 76 valence electrons. The predicted molar refractivity (Wildman–Crippen MR) is 54.3 cm³/mol. The largest absolute Gasteiger partial charge is 0.348 e. The number of nitrogens with zero attached hydrogens (tertiary/aromatic N) is 2. The lowest BCUT2D eigenvalue weighted by Crippen LogP contribution is -2.32. The molecule has 0 saturated carbocycles. The summed E-state index contributed by atoms with van der Waals surface area (Å²) in [7, 11) is 0. The van der Waals surface area contributed by atoms with E-state index in [1.54, 1.807) is 0 Å². The quantitative estimate of drug-likeness (QED) is 0.831. The Hall–Kier alpha value is -1.16. The maximum atomic E-state index is 11.5. The van der Waals surface area contributed by atoms with Gasteiger partial charge in [-0.05, 0) is 13.3 Å². The Labute approximate surface area is 87.7 Å². The molecule has 0 fully saturated rings. The molecule has 1 amide bonds. The van der Waals surface area contributed by atoms with Crippen LogP contribution in [0.1, 0.15) is 30.8 Å². The molecule has 1 aromatic heterocycles. The number of halogens is 1. The minimum atomic E-state index is -0.280. The molecular formula is C9H12ClN3O. The van der Waals surface area contributed by atoms with Crippen LogP contribution in [0.2, 0.25) is 5.15 Å². The highest BCUT2D eigenvalue weighted by atomic mass is 35.5. The molecule has 5 heteroatoms. The van der Waals surface area contributed by atoms with Crippen LogP contribution in [-0.2, 0) is 0 Å². The van der Waals surface area contributed by atoms with Crippen LogP contribution in [0.3, 0.4) is 0 Å². The molecule has 0 aromatic carbocycles. The van der Waals surface area contributed by atoms with Gasteiger partial charge in [-0.2, -0.15) is 0 Å². The molecule has 1 unspecified atom stereocenters. The van der Waals surface area contributed by atoms with E-state index in [1.807, 2.05) is 13.8 Å². The van der Waals surface area contributed by atoms with E-state index in [2.05, 4.69) is 15.3 Å². The summed E-state index contributed by atoms with van der Waals surface area (Å²) < 4.78 is 0. The number of nitrogens with one attached hydrogen (secondary N) is 1. The van der Waals surface area contributed by atoms with Crippen molar-refractivity contribution in [1.29, 1.82) is 0 Å². The van der Waals surface area contributed by atoms with Gasteiger partial charge in [0.1, 0.15) is 0 Å². The molecule has 1 N–H and O–H groups in total. The van der Waals surface area contributed by atoms with Crippen LogP contribution in [0.15, 0.2) is 12.4 Å². The monoisotopic (exact) mass is 213 g/mol. The van der Waals surface area contributed by atoms with Gasteiger partial charge < -0.3 is 5.32 Å². The molecule has 14 heavy (non-hydrogen) atoms. The Balaban J connectivity index is 2.75. The minimum absolute atomic E-state index is 0.112. The third kappa shape index (κ3) is 2.67. The molecule has 0 aliphatic rings. The molecule has 1 aromatic rings. The first-order valence-corrected chi connectivity index (χ1v) is 4.80. The maximum Gasteiger partial charge on any atom is 0.273 e. The Morgan fingerprint density at radius 3 is 2.79 bits per heavy atom. The van der Waals surface area contributed by atoms with Crippen LogP contribution >= 0.6 is 11.6 Å². The van der Waals surface area contributed by atoms with Crippen LogP contribution in [0.5, 0.6) is 0 Å². The van der Waals surface area contributed by atoms with Crippen molar-refractivity contribution in [2.24, 2.45) is 0 Å². The number of amides is 1. The van der Waals surface area contributed by atoms with E-state index in [-0.39, 0.29) is 22.8 Å². The molecule has 0 bridgehead atoms. The molecular weight excluding hydrogens is 202 g/mol. The predicted octanol–water partition coefficient (Wildman–Crippen LogP) is 1.66. The van der Waals surface area contributed by atoms with Gasteiger partial charge in [-0.25, -0.2) is 9.97 Å². The standard InChI is InChI=1S/C9H12ClN3O/c1-3-6(2)13-9(14)7-8(10)12-5-4-11-7/h4-6H,3H2,1-2H3,(H,13,14). The van der Waals surface area contributed by atoms with E-state index < -0.39 is 0 Å². The van der Waals surface area contributed by atoms with E-state index in [0.717, 1.165) is 6.42 Å². The Morgan fingerprint density at radius 2 is 2.21 bits per heavy atom. The molecule has 1 rings (SSSR count). The highest BCUT2D eigenvalue weighted by Gasteiger charge is 2.13. The van der Waals surface area contributed by atoms with Crippen molar-refractivity contribution >= 4 is 17.5 Å². The Bertz CT molecular complexity index is 330. The highest BCUT2D eigenvalue weighted by Crippen LogP contribution is 2.08. The lowest BCUT2D eigenvalue weighted by molar-refractivity contribution is 0.0934. The zero-order chi connectivity index (χ0) is 10.6. The van der Waals surface area contributed by atoms with Gasteiger partial charge in [0.15, 0.2) is 10.8 Å².